The molecule has 0 radical (unpaired) electrons. The highest BCUT2D eigenvalue weighted by Gasteiger charge is 2.01. The molecular formula is C15H22ClNO2. The standard InChI is InChI=1S/C15H22ClNO2/c1-4-12(11-17-7-8-18-2)9-13-5-6-15(19-3)14(16)10-13/h5-6,9-10,17H,4,7-8,11H2,1-3H3. The second kappa shape index (κ2) is 8.97. The van der Waals surface area contributed by atoms with E-state index in [0.29, 0.717) is 10.8 Å². The van der Waals surface area contributed by atoms with Crippen LogP contribution in [-0.4, -0.2) is 33.9 Å². The quantitative estimate of drug-likeness (QED) is 0.742. The summed E-state index contributed by atoms with van der Waals surface area (Å²) in [5.41, 5.74) is 2.42. The largest absolute Gasteiger partial charge is 0.495 e. The van der Waals surface area contributed by atoms with Gasteiger partial charge in [0.1, 0.15) is 5.75 Å². The summed E-state index contributed by atoms with van der Waals surface area (Å²) >= 11 is 6.12. The Kier molecular flexibility index (Phi) is 7.56. The summed E-state index contributed by atoms with van der Waals surface area (Å²) in [7, 11) is 3.32. The number of rotatable bonds is 8. The number of benzene rings is 1. The first kappa shape index (κ1) is 16.0. The van der Waals surface area contributed by atoms with Crippen molar-refractivity contribution in [1.29, 1.82) is 0 Å². The van der Waals surface area contributed by atoms with Gasteiger partial charge in [-0.25, -0.2) is 0 Å². The number of nitrogens with one attached hydrogen (secondary N) is 1. The van der Waals surface area contributed by atoms with Gasteiger partial charge in [0.2, 0.25) is 0 Å². The number of halogens is 1. The second-order valence-corrected chi connectivity index (χ2v) is 4.63. The second-order valence-electron chi connectivity index (χ2n) is 4.22. The Morgan fingerprint density at radius 3 is 2.74 bits per heavy atom. The van der Waals surface area contributed by atoms with Gasteiger partial charge in [-0.3, -0.25) is 0 Å². The van der Waals surface area contributed by atoms with Gasteiger partial charge in [-0.1, -0.05) is 36.2 Å². The van der Waals surface area contributed by atoms with Gasteiger partial charge in [-0.15, -0.1) is 0 Å². The number of hydrogen-bond acceptors (Lipinski definition) is 3. The average molecular weight is 284 g/mol. The van der Waals surface area contributed by atoms with E-state index in [9.17, 15) is 0 Å². The molecule has 19 heavy (non-hydrogen) atoms. The molecule has 1 aromatic carbocycles. The SMILES string of the molecule is CCC(=Cc1ccc(OC)c(Cl)c1)CNCCOC. The minimum Gasteiger partial charge on any atom is -0.495 e. The monoisotopic (exact) mass is 283 g/mol. The van der Waals surface area contributed by atoms with Crippen molar-refractivity contribution in [1.82, 2.24) is 5.32 Å². The summed E-state index contributed by atoms with van der Waals surface area (Å²) in [5.74, 6) is 0.704. The van der Waals surface area contributed by atoms with Crippen LogP contribution in [0.1, 0.15) is 18.9 Å². The van der Waals surface area contributed by atoms with E-state index in [0.717, 1.165) is 31.7 Å². The fourth-order valence-electron chi connectivity index (χ4n) is 1.71. The highest BCUT2D eigenvalue weighted by Crippen LogP contribution is 2.26. The first-order valence-electron chi connectivity index (χ1n) is 6.43. The topological polar surface area (TPSA) is 30.5 Å². The maximum atomic E-state index is 6.12. The summed E-state index contributed by atoms with van der Waals surface area (Å²) in [4.78, 5) is 0. The van der Waals surface area contributed by atoms with Crippen LogP contribution in [0, 0.1) is 0 Å². The van der Waals surface area contributed by atoms with Gasteiger partial charge in [0, 0.05) is 20.2 Å². The third-order valence-electron chi connectivity index (χ3n) is 2.84. The molecule has 1 N–H and O–H groups in total. The van der Waals surface area contributed by atoms with Crippen LogP contribution in [0.4, 0.5) is 0 Å². The Morgan fingerprint density at radius 2 is 2.16 bits per heavy atom. The van der Waals surface area contributed by atoms with E-state index >= 15 is 0 Å². The maximum Gasteiger partial charge on any atom is 0.137 e. The summed E-state index contributed by atoms with van der Waals surface area (Å²) < 4.78 is 10.1. The molecule has 106 valence electrons. The maximum absolute atomic E-state index is 6.12. The molecule has 0 atom stereocenters. The summed E-state index contributed by atoms with van der Waals surface area (Å²) in [6.07, 6.45) is 3.16. The fraction of sp³-hybridized carbons (Fsp3) is 0.467. The molecular weight excluding hydrogens is 262 g/mol. The molecule has 0 aliphatic carbocycles. The van der Waals surface area contributed by atoms with Gasteiger partial charge in [-0.05, 0) is 24.1 Å². The van der Waals surface area contributed by atoms with Crippen LogP contribution < -0.4 is 10.1 Å². The van der Waals surface area contributed by atoms with Gasteiger partial charge < -0.3 is 14.8 Å². The van der Waals surface area contributed by atoms with Crippen LogP contribution in [0.5, 0.6) is 5.75 Å². The van der Waals surface area contributed by atoms with Gasteiger partial charge in [0.25, 0.3) is 0 Å². The highest BCUT2D eigenvalue weighted by atomic mass is 35.5. The zero-order chi connectivity index (χ0) is 14.1. The van der Waals surface area contributed by atoms with Crippen molar-refractivity contribution in [2.75, 3.05) is 33.9 Å². The number of ether oxygens (including phenoxy) is 2. The van der Waals surface area contributed by atoms with Crippen molar-refractivity contribution in [2.24, 2.45) is 0 Å². The zero-order valence-electron chi connectivity index (χ0n) is 11.8. The molecule has 0 heterocycles. The van der Waals surface area contributed by atoms with Gasteiger partial charge in [0.15, 0.2) is 0 Å². The summed E-state index contributed by atoms with van der Waals surface area (Å²) in [6, 6.07) is 5.82. The van der Waals surface area contributed by atoms with Crippen LogP contribution in [0.25, 0.3) is 6.08 Å². The molecule has 0 fully saturated rings. The third kappa shape index (κ3) is 5.64. The smallest absolute Gasteiger partial charge is 0.137 e. The first-order chi connectivity index (χ1) is 9.21. The Labute approximate surface area is 120 Å². The lowest BCUT2D eigenvalue weighted by Gasteiger charge is -2.08. The van der Waals surface area contributed by atoms with E-state index in [2.05, 4.69) is 18.3 Å². The average Bonchev–Trinajstić information content (AvgIpc) is 2.42. The summed E-state index contributed by atoms with van der Waals surface area (Å²) in [5, 5.41) is 3.98. The Balaban J connectivity index is 2.66. The van der Waals surface area contributed by atoms with Crippen molar-refractivity contribution in [3.63, 3.8) is 0 Å². The van der Waals surface area contributed by atoms with E-state index in [4.69, 9.17) is 21.1 Å². The number of methoxy groups -OCH3 is 2. The van der Waals surface area contributed by atoms with Crippen molar-refractivity contribution in [3.8, 4) is 5.75 Å². The molecule has 0 aliphatic rings. The molecule has 0 saturated carbocycles. The van der Waals surface area contributed by atoms with Gasteiger partial charge >= 0.3 is 0 Å². The van der Waals surface area contributed by atoms with Crippen molar-refractivity contribution < 1.29 is 9.47 Å². The lowest BCUT2D eigenvalue weighted by molar-refractivity contribution is 0.200. The van der Waals surface area contributed by atoms with E-state index < -0.39 is 0 Å². The molecule has 0 saturated heterocycles. The molecule has 0 unspecified atom stereocenters. The predicted molar refractivity (Wildman–Crippen MR) is 81.0 cm³/mol. The van der Waals surface area contributed by atoms with E-state index in [1.807, 2.05) is 18.2 Å². The van der Waals surface area contributed by atoms with Crippen LogP contribution >= 0.6 is 11.6 Å². The predicted octanol–water partition coefficient (Wildman–Crippen LogP) is 3.38. The number of hydrogen-bond donors (Lipinski definition) is 1. The normalized spacial score (nSPS) is 11.7. The van der Waals surface area contributed by atoms with Crippen molar-refractivity contribution >= 4 is 17.7 Å². The lowest BCUT2D eigenvalue weighted by Crippen LogP contribution is -2.21. The summed E-state index contributed by atoms with van der Waals surface area (Å²) in [6.45, 7) is 4.60. The van der Waals surface area contributed by atoms with Crippen LogP contribution in [0.2, 0.25) is 5.02 Å². The molecule has 4 heteroatoms. The van der Waals surface area contributed by atoms with Crippen LogP contribution in [-0.2, 0) is 4.74 Å². The van der Waals surface area contributed by atoms with E-state index in [1.54, 1.807) is 14.2 Å². The first-order valence-corrected chi connectivity index (χ1v) is 6.81. The van der Waals surface area contributed by atoms with Crippen molar-refractivity contribution in [3.05, 3.63) is 34.4 Å². The van der Waals surface area contributed by atoms with Crippen molar-refractivity contribution in [2.45, 2.75) is 13.3 Å². The molecule has 3 nitrogen and oxygen atoms in total. The van der Waals surface area contributed by atoms with E-state index in [-0.39, 0.29) is 0 Å². The molecule has 0 amide bonds. The molecule has 0 aromatic heterocycles. The minimum absolute atomic E-state index is 0.638. The Morgan fingerprint density at radius 1 is 1.37 bits per heavy atom. The van der Waals surface area contributed by atoms with Gasteiger partial charge in [0.05, 0.1) is 18.7 Å². The fourth-order valence-corrected chi connectivity index (χ4v) is 1.98. The van der Waals surface area contributed by atoms with E-state index in [1.165, 1.54) is 5.57 Å². The van der Waals surface area contributed by atoms with Crippen LogP contribution in [0.15, 0.2) is 23.8 Å². The third-order valence-corrected chi connectivity index (χ3v) is 3.13. The molecule has 0 aliphatic heterocycles. The molecule has 1 rings (SSSR count). The zero-order valence-corrected chi connectivity index (χ0v) is 12.6. The minimum atomic E-state index is 0.638. The van der Waals surface area contributed by atoms with Crippen LogP contribution in [0.3, 0.4) is 0 Å². The van der Waals surface area contributed by atoms with Gasteiger partial charge in [-0.2, -0.15) is 0 Å². The Hall–Kier alpha value is -1.03. The Bertz CT molecular complexity index is 419. The molecule has 0 spiro atoms. The highest BCUT2D eigenvalue weighted by molar-refractivity contribution is 6.32. The molecule has 1 aromatic rings. The molecule has 0 bridgehead atoms. The lowest BCUT2D eigenvalue weighted by atomic mass is 10.1.